The van der Waals surface area contributed by atoms with Crippen LogP contribution in [-0.2, 0) is 0 Å². The molecule has 0 aromatic carbocycles. The quantitative estimate of drug-likeness (QED) is 0.757. The highest BCUT2D eigenvalue weighted by Crippen LogP contribution is 2.36. The molecule has 2 N–H and O–H groups in total. The van der Waals surface area contributed by atoms with E-state index in [-0.39, 0.29) is 0 Å². The predicted octanol–water partition coefficient (Wildman–Crippen LogP) is 2.17. The number of rotatable bonds is 7. The van der Waals surface area contributed by atoms with Crippen molar-refractivity contribution in [1.82, 2.24) is 9.80 Å². The summed E-state index contributed by atoms with van der Waals surface area (Å²) in [5.41, 5.74) is 6.45. The van der Waals surface area contributed by atoms with E-state index >= 15 is 0 Å². The molecular weight excluding hydrogens is 222 g/mol. The van der Waals surface area contributed by atoms with Gasteiger partial charge in [-0.3, -0.25) is 4.90 Å². The summed E-state index contributed by atoms with van der Waals surface area (Å²) in [5.74, 6) is 0.838. The lowest BCUT2D eigenvalue weighted by molar-refractivity contribution is 0.0410. The van der Waals surface area contributed by atoms with Gasteiger partial charge in [-0.05, 0) is 58.9 Å². The fourth-order valence-electron chi connectivity index (χ4n) is 3.54. The Hall–Kier alpha value is -0.120. The summed E-state index contributed by atoms with van der Waals surface area (Å²) in [6.45, 7) is 9.00. The van der Waals surface area contributed by atoms with Gasteiger partial charge < -0.3 is 10.6 Å². The van der Waals surface area contributed by atoms with Crippen LogP contribution in [0.1, 0.15) is 46.0 Å². The van der Waals surface area contributed by atoms with Gasteiger partial charge in [0.1, 0.15) is 0 Å². The molecule has 0 spiro atoms. The molecule has 1 fully saturated rings. The standard InChI is InChI=1S/C15H33N3/c1-5-18(11-7-10-17(3)4)15(13-16)9-6-8-14(2)12-15/h14H,5-13,16H2,1-4H3. The zero-order valence-corrected chi connectivity index (χ0v) is 12.9. The molecule has 18 heavy (non-hydrogen) atoms. The second-order valence-electron chi connectivity index (χ2n) is 6.37. The van der Waals surface area contributed by atoms with E-state index in [1.807, 2.05) is 0 Å². The monoisotopic (exact) mass is 255 g/mol. The maximum Gasteiger partial charge on any atom is 0.0334 e. The second kappa shape index (κ2) is 7.46. The number of nitrogens with zero attached hydrogens (tertiary/aromatic N) is 2. The van der Waals surface area contributed by atoms with E-state index in [2.05, 4.69) is 37.7 Å². The minimum Gasteiger partial charge on any atom is -0.329 e. The van der Waals surface area contributed by atoms with Gasteiger partial charge in [0.2, 0.25) is 0 Å². The van der Waals surface area contributed by atoms with Crippen LogP contribution in [0.15, 0.2) is 0 Å². The van der Waals surface area contributed by atoms with Crippen molar-refractivity contribution in [2.24, 2.45) is 11.7 Å². The maximum absolute atomic E-state index is 6.16. The summed E-state index contributed by atoms with van der Waals surface area (Å²) in [6, 6.07) is 0. The summed E-state index contributed by atoms with van der Waals surface area (Å²) < 4.78 is 0. The number of nitrogens with two attached hydrogens (primary N) is 1. The highest BCUT2D eigenvalue weighted by molar-refractivity contribution is 4.95. The smallest absolute Gasteiger partial charge is 0.0334 e. The molecule has 1 rings (SSSR count). The summed E-state index contributed by atoms with van der Waals surface area (Å²) in [7, 11) is 4.30. The molecule has 1 saturated carbocycles. The molecule has 0 amide bonds. The zero-order chi connectivity index (χ0) is 13.6. The highest BCUT2D eigenvalue weighted by atomic mass is 15.2. The van der Waals surface area contributed by atoms with Crippen LogP contribution in [0, 0.1) is 5.92 Å². The third-order valence-corrected chi connectivity index (χ3v) is 4.53. The summed E-state index contributed by atoms with van der Waals surface area (Å²) in [6.07, 6.45) is 6.57. The van der Waals surface area contributed by atoms with E-state index in [4.69, 9.17) is 5.73 Å². The maximum atomic E-state index is 6.16. The van der Waals surface area contributed by atoms with Crippen LogP contribution in [0.2, 0.25) is 0 Å². The van der Waals surface area contributed by atoms with Crippen molar-refractivity contribution in [1.29, 1.82) is 0 Å². The Bertz CT molecular complexity index is 230. The first-order valence-electron chi connectivity index (χ1n) is 7.64. The van der Waals surface area contributed by atoms with Crippen molar-refractivity contribution < 1.29 is 0 Å². The average Bonchev–Trinajstić information content (AvgIpc) is 2.34. The molecule has 0 aromatic heterocycles. The normalized spacial score (nSPS) is 29.2. The molecule has 108 valence electrons. The molecular formula is C15H33N3. The molecule has 1 aliphatic rings. The second-order valence-corrected chi connectivity index (χ2v) is 6.37. The van der Waals surface area contributed by atoms with Gasteiger partial charge in [-0.2, -0.15) is 0 Å². The van der Waals surface area contributed by atoms with Crippen LogP contribution >= 0.6 is 0 Å². The van der Waals surface area contributed by atoms with Crippen molar-refractivity contribution in [2.75, 3.05) is 40.3 Å². The Morgan fingerprint density at radius 3 is 2.50 bits per heavy atom. The Morgan fingerprint density at radius 1 is 1.28 bits per heavy atom. The van der Waals surface area contributed by atoms with Gasteiger partial charge in [0.05, 0.1) is 0 Å². The van der Waals surface area contributed by atoms with Gasteiger partial charge >= 0.3 is 0 Å². The molecule has 0 saturated heterocycles. The van der Waals surface area contributed by atoms with Crippen molar-refractivity contribution in [3.63, 3.8) is 0 Å². The fourth-order valence-corrected chi connectivity index (χ4v) is 3.54. The van der Waals surface area contributed by atoms with Crippen LogP contribution in [0.5, 0.6) is 0 Å². The molecule has 2 atom stereocenters. The van der Waals surface area contributed by atoms with Gasteiger partial charge in [-0.15, -0.1) is 0 Å². The van der Waals surface area contributed by atoms with Crippen LogP contribution in [0.4, 0.5) is 0 Å². The first-order valence-corrected chi connectivity index (χ1v) is 7.64. The van der Waals surface area contributed by atoms with E-state index in [0.717, 1.165) is 19.0 Å². The first-order chi connectivity index (χ1) is 8.54. The molecule has 0 aromatic rings. The van der Waals surface area contributed by atoms with Crippen molar-refractivity contribution in [2.45, 2.75) is 51.5 Å². The van der Waals surface area contributed by atoms with Gasteiger partial charge in [-0.1, -0.05) is 26.7 Å². The number of likely N-dealkylation sites (N-methyl/N-ethyl adjacent to an activating group) is 1. The fraction of sp³-hybridized carbons (Fsp3) is 1.00. The lowest BCUT2D eigenvalue weighted by Gasteiger charge is -2.47. The van der Waals surface area contributed by atoms with Gasteiger partial charge in [-0.25, -0.2) is 0 Å². The third kappa shape index (κ3) is 4.22. The van der Waals surface area contributed by atoms with E-state index in [1.165, 1.54) is 45.2 Å². The van der Waals surface area contributed by atoms with Crippen LogP contribution in [0.3, 0.4) is 0 Å². The molecule has 2 unspecified atom stereocenters. The molecule has 3 nitrogen and oxygen atoms in total. The van der Waals surface area contributed by atoms with Gasteiger partial charge in [0, 0.05) is 12.1 Å². The molecule has 3 heteroatoms. The SMILES string of the molecule is CCN(CCCN(C)C)C1(CN)CCCC(C)C1. The van der Waals surface area contributed by atoms with Crippen molar-refractivity contribution >= 4 is 0 Å². The van der Waals surface area contributed by atoms with E-state index in [9.17, 15) is 0 Å². The topological polar surface area (TPSA) is 32.5 Å². The molecule has 0 bridgehead atoms. The van der Waals surface area contributed by atoms with E-state index in [1.54, 1.807) is 0 Å². The lowest BCUT2D eigenvalue weighted by Crippen LogP contribution is -2.56. The van der Waals surface area contributed by atoms with Crippen LogP contribution in [0.25, 0.3) is 0 Å². The number of hydrogen-bond acceptors (Lipinski definition) is 3. The minimum absolute atomic E-state index is 0.290. The first kappa shape index (κ1) is 15.9. The average molecular weight is 255 g/mol. The lowest BCUT2D eigenvalue weighted by atomic mass is 9.75. The minimum atomic E-state index is 0.290. The Morgan fingerprint density at radius 2 is 2.00 bits per heavy atom. The Balaban J connectivity index is 2.58. The van der Waals surface area contributed by atoms with E-state index in [0.29, 0.717) is 5.54 Å². The van der Waals surface area contributed by atoms with Crippen LogP contribution in [-0.4, -0.2) is 55.6 Å². The summed E-state index contributed by atoms with van der Waals surface area (Å²) in [5, 5.41) is 0. The number of hydrogen-bond donors (Lipinski definition) is 1. The van der Waals surface area contributed by atoms with Crippen molar-refractivity contribution in [3.05, 3.63) is 0 Å². The molecule has 0 heterocycles. The largest absolute Gasteiger partial charge is 0.329 e. The Kier molecular flexibility index (Phi) is 6.61. The van der Waals surface area contributed by atoms with Gasteiger partial charge in [0.25, 0.3) is 0 Å². The summed E-state index contributed by atoms with van der Waals surface area (Å²) >= 11 is 0. The molecule has 0 radical (unpaired) electrons. The summed E-state index contributed by atoms with van der Waals surface area (Å²) in [4.78, 5) is 4.93. The van der Waals surface area contributed by atoms with E-state index < -0.39 is 0 Å². The highest BCUT2D eigenvalue weighted by Gasteiger charge is 2.37. The molecule has 1 aliphatic carbocycles. The third-order valence-electron chi connectivity index (χ3n) is 4.53. The van der Waals surface area contributed by atoms with Crippen molar-refractivity contribution in [3.8, 4) is 0 Å². The van der Waals surface area contributed by atoms with Crippen LogP contribution < -0.4 is 5.73 Å². The van der Waals surface area contributed by atoms with Gasteiger partial charge in [0.15, 0.2) is 0 Å². The molecule has 0 aliphatic heterocycles. The Labute approximate surface area is 114 Å². The predicted molar refractivity (Wildman–Crippen MR) is 79.8 cm³/mol. The zero-order valence-electron chi connectivity index (χ0n) is 12.9.